The van der Waals surface area contributed by atoms with Crippen molar-refractivity contribution in [2.45, 2.75) is 32.6 Å². The molecule has 0 saturated carbocycles. The third-order valence-corrected chi connectivity index (χ3v) is 4.58. The van der Waals surface area contributed by atoms with Crippen LogP contribution in [-0.4, -0.2) is 47.8 Å². The van der Waals surface area contributed by atoms with Crippen LogP contribution in [0.15, 0.2) is 27.3 Å². The molecule has 0 bridgehead atoms. The summed E-state index contributed by atoms with van der Waals surface area (Å²) in [4.78, 5) is 18.5. The van der Waals surface area contributed by atoms with E-state index in [2.05, 4.69) is 17.1 Å². The molecule has 24 heavy (non-hydrogen) atoms. The number of methoxy groups -OCH3 is 1. The molecule has 1 aliphatic rings. The molecule has 0 aliphatic carbocycles. The minimum absolute atomic E-state index is 0.132. The van der Waals surface area contributed by atoms with E-state index in [1.165, 1.54) is 0 Å². The predicted molar refractivity (Wildman–Crippen MR) is 86.1 cm³/mol. The largest absolute Gasteiger partial charge is 0.461 e. The Labute approximate surface area is 141 Å². The zero-order valence-electron chi connectivity index (χ0n) is 14.2. The number of amides is 1. The van der Waals surface area contributed by atoms with Crippen molar-refractivity contribution < 1.29 is 18.5 Å². The number of aryl methyl sites for hydroxylation is 1. The summed E-state index contributed by atoms with van der Waals surface area (Å²) < 4.78 is 15.7. The lowest BCUT2D eigenvalue weighted by molar-refractivity contribution is -0.134. The topological polar surface area (TPSA) is 81.6 Å². The maximum absolute atomic E-state index is 12.4. The van der Waals surface area contributed by atoms with Crippen molar-refractivity contribution in [2.24, 2.45) is 5.41 Å². The molecule has 1 amide bonds. The summed E-state index contributed by atoms with van der Waals surface area (Å²) in [5.41, 5.74) is 0.177. The second kappa shape index (κ2) is 7.17. The highest BCUT2D eigenvalue weighted by Gasteiger charge is 2.31. The van der Waals surface area contributed by atoms with Crippen molar-refractivity contribution in [3.63, 3.8) is 0 Å². The quantitative estimate of drug-likeness (QED) is 0.808. The Hall–Kier alpha value is -2.15. The zero-order valence-corrected chi connectivity index (χ0v) is 14.2. The van der Waals surface area contributed by atoms with Crippen LogP contribution in [0.4, 0.5) is 0 Å². The minimum Gasteiger partial charge on any atom is -0.461 e. The van der Waals surface area contributed by atoms with Crippen molar-refractivity contribution in [1.29, 1.82) is 0 Å². The van der Waals surface area contributed by atoms with Crippen molar-refractivity contribution in [2.75, 3.05) is 26.8 Å². The number of rotatable bonds is 6. The standard InChI is InChI=1S/C17H23N3O4/c1-17(12-22-2)7-9-20(10-8-17)15(21)6-5-14-18-16(19-24-14)13-4-3-11-23-13/h3-4,11H,5-10,12H2,1-2H3. The van der Waals surface area contributed by atoms with Crippen LogP contribution < -0.4 is 0 Å². The van der Waals surface area contributed by atoms with Gasteiger partial charge in [0.05, 0.1) is 12.9 Å². The van der Waals surface area contributed by atoms with Crippen LogP contribution >= 0.6 is 0 Å². The highest BCUT2D eigenvalue weighted by Crippen LogP contribution is 2.31. The number of likely N-dealkylation sites (tertiary alicyclic amines) is 1. The lowest BCUT2D eigenvalue weighted by Crippen LogP contribution is -2.43. The molecule has 7 nitrogen and oxygen atoms in total. The van der Waals surface area contributed by atoms with E-state index < -0.39 is 0 Å². The lowest BCUT2D eigenvalue weighted by Gasteiger charge is -2.39. The first-order chi connectivity index (χ1) is 11.6. The van der Waals surface area contributed by atoms with Gasteiger partial charge in [0.25, 0.3) is 0 Å². The molecule has 2 aromatic rings. The molecular formula is C17H23N3O4. The van der Waals surface area contributed by atoms with E-state index in [1.54, 1.807) is 25.5 Å². The van der Waals surface area contributed by atoms with Crippen LogP contribution in [0.5, 0.6) is 0 Å². The average molecular weight is 333 g/mol. The van der Waals surface area contributed by atoms with Crippen molar-refractivity contribution in [1.82, 2.24) is 15.0 Å². The first-order valence-electron chi connectivity index (χ1n) is 8.23. The van der Waals surface area contributed by atoms with Gasteiger partial charge in [-0.2, -0.15) is 4.98 Å². The number of piperidine rings is 1. The smallest absolute Gasteiger partial charge is 0.238 e. The minimum atomic E-state index is 0.132. The molecule has 0 unspecified atom stereocenters. The molecule has 0 radical (unpaired) electrons. The molecule has 2 aromatic heterocycles. The molecule has 1 saturated heterocycles. The van der Waals surface area contributed by atoms with E-state index in [0.29, 0.717) is 30.3 Å². The number of ether oxygens (including phenoxy) is 1. The Kier molecular flexibility index (Phi) is 4.99. The summed E-state index contributed by atoms with van der Waals surface area (Å²) in [6.07, 6.45) is 4.31. The summed E-state index contributed by atoms with van der Waals surface area (Å²) >= 11 is 0. The van der Waals surface area contributed by atoms with Gasteiger partial charge in [-0.25, -0.2) is 0 Å². The summed E-state index contributed by atoms with van der Waals surface area (Å²) in [6.45, 7) is 4.51. The van der Waals surface area contributed by atoms with E-state index >= 15 is 0 Å². The number of carbonyl (C=O) groups excluding carboxylic acids is 1. The SMILES string of the molecule is COCC1(C)CCN(C(=O)CCc2nc(-c3ccco3)no2)CC1. The fraction of sp³-hybridized carbons (Fsp3) is 0.588. The number of nitrogens with zero attached hydrogens (tertiary/aromatic N) is 3. The van der Waals surface area contributed by atoms with Gasteiger partial charge in [-0.3, -0.25) is 4.79 Å². The van der Waals surface area contributed by atoms with Crippen LogP contribution in [0.2, 0.25) is 0 Å². The van der Waals surface area contributed by atoms with Crippen molar-refractivity contribution in [3.8, 4) is 11.6 Å². The van der Waals surface area contributed by atoms with Gasteiger partial charge in [0.2, 0.25) is 17.6 Å². The molecule has 0 N–H and O–H groups in total. The number of hydrogen-bond acceptors (Lipinski definition) is 6. The molecule has 0 atom stereocenters. The van der Waals surface area contributed by atoms with Crippen molar-refractivity contribution in [3.05, 3.63) is 24.3 Å². The van der Waals surface area contributed by atoms with Crippen LogP contribution in [-0.2, 0) is 16.0 Å². The first-order valence-corrected chi connectivity index (χ1v) is 8.23. The van der Waals surface area contributed by atoms with Crippen LogP contribution in [0.1, 0.15) is 32.1 Å². The number of furan rings is 1. The van der Waals surface area contributed by atoms with E-state index in [1.807, 2.05) is 4.90 Å². The second-order valence-electron chi connectivity index (χ2n) is 6.61. The van der Waals surface area contributed by atoms with E-state index in [9.17, 15) is 4.79 Å². The predicted octanol–water partition coefficient (Wildman–Crippen LogP) is 2.54. The zero-order chi connectivity index (χ0) is 17.0. The Bertz CT molecular complexity index is 657. The van der Waals surface area contributed by atoms with Gasteiger partial charge in [0.15, 0.2) is 5.76 Å². The molecule has 1 fully saturated rings. The molecule has 1 aliphatic heterocycles. The first kappa shape index (κ1) is 16.7. The van der Waals surface area contributed by atoms with Crippen LogP contribution in [0.25, 0.3) is 11.6 Å². The van der Waals surface area contributed by atoms with E-state index in [4.69, 9.17) is 13.7 Å². The summed E-state index contributed by atoms with van der Waals surface area (Å²) in [5, 5.41) is 3.87. The van der Waals surface area contributed by atoms with E-state index in [-0.39, 0.29) is 11.3 Å². The molecule has 130 valence electrons. The maximum Gasteiger partial charge on any atom is 0.238 e. The summed E-state index contributed by atoms with van der Waals surface area (Å²) in [7, 11) is 1.73. The third-order valence-electron chi connectivity index (χ3n) is 4.58. The Morgan fingerprint density at radius 1 is 1.42 bits per heavy atom. The maximum atomic E-state index is 12.4. The number of carbonyl (C=O) groups is 1. The summed E-state index contributed by atoms with van der Waals surface area (Å²) in [5.74, 6) is 1.56. The van der Waals surface area contributed by atoms with Gasteiger partial charge in [-0.15, -0.1) is 0 Å². The van der Waals surface area contributed by atoms with Gasteiger partial charge >= 0.3 is 0 Å². The Morgan fingerprint density at radius 2 is 2.21 bits per heavy atom. The molecule has 3 heterocycles. The number of hydrogen-bond donors (Lipinski definition) is 0. The fourth-order valence-corrected chi connectivity index (χ4v) is 3.02. The molecule has 7 heteroatoms. The Morgan fingerprint density at radius 3 is 2.88 bits per heavy atom. The van der Waals surface area contributed by atoms with Gasteiger partial charge < -0.3 is 18.6 Å². The highest BCUT2D eigenvalue weighted by molar-refractivity contribution is 5.76. The summed E-state index contributed by atoms with van der Waals surface area (Å²) in [6, 6.07) is 3.53. The van der Waals surface area contributed by atoms with Crippen molar-refractivity contribution >= 4 is 5.91 Å². The third kappa shape index (κ3) is 3.84. The van der Waals surface area contributed by atoms with Crippen LogP contribution in [0.3, 0.4) is 0 Å². The molecular weight excluding hydrogens is 310 g/mol. The molecule has 3 rings (SSSR count). The Balaban J connectivity index is 1.48. The van der Waals surface area contributed by atoms with E-state index in [0.717, 1.165) is 32.5 Å². The second-order valence-corrected chi connectivity index (χ2v) is 6.61. The van der Waals surface area contributed by atoms with Gasteiger partial charge in [0, 0.05) is 33.0 Å². The monoisotopic (exact) mass is 333 g/mol. The van der Waals surface area contributed by atoms with Gasteiger partial charge in [0.1, 0.15) is 0 Å². The highest BCUT2D eigenvalue weighted by atomic mass is 16.5. The van der Waals surface area contributed by atoms with Gasteiger partial charge in [-0.05, 0) is 30.4 Å². The van der Waals surface area contributed by atoms with Gasteiger partial charge in [-0.1, -0.05) is 12.1 Å². The normalized spacial score (nSPS) is 17.2. The fourth-order valence-electron chi connectivity index (χ4n) is 3.02. The molecule has 0 aromatic carbocycles. The lowest BCUT2D eigenvalue weighted by atomic mass is 9.81. The average Bonchev–Trinajstić information content (AvgIpc) is 3.24. The van der Waals surface area contributed by atoms with Crippen LogP contribution in [0, 0.1) is 5.41 Å². The molecule has 0 spiro atoms. The number of aromatic nitrogens is 2.